The Balaban J connectivity index is 1.53. The molecule has 9 heteroatoms. The average molecular weight is 473 g/mol. The van der Waals surface area contributed by atoms with Gasteiger partial charge in [0.15, 0.2) is 14.9 Å². The quantitative estimate of drug-likeness (QED) is 0.523. The number of nitrogens with one attached hydrogen (secondary N) is 1. The first-order chi connectivity index (χ1) is 15.3. The number of hydrogen-bond donors (Lipinski definition) is 1. The van der Waals surface area contributed by atoms with Crippen molar-refractivity contribution in [1.82, 2.24) is 20.1 Å². The molecule has 1 amide bonds. The molecule has 1 atom stereocenters. The number of carbonyl (C=O) groups is 1. The monoisotopic (exact) mass is 472 g/mol. The van der Waals surface area contributed by atoms with Crippen molar-refractivity contribution in [3.8, 4) is 5.69 Å². The number of aromatic nitrogens is 3. The van der Waals surface area contributed by atoms with Gasteiger partial charge < -0.3 is 5.32 Å². The number of amides is 1. The SMILES string of the molecule is CCCC(NC(=O)c1cnn(-c2ccc(Cl)cc2)c1C)c1ccc(S(=O)(=O)C2CC2)nc1. The van der Waals surface area contributed by atoms with Crippen LogP contribution in [0, 0.1) is 6.92 Å². The van der Waals surface area contributed by atoms with Gasteiger partial charge in [0.1, 0.15) is 0 Å². The first-order valence-electron chi connectivity index (χ1n) is 10.6. The summed E-state index contributed by atoms with van der Waals surface area (Å²) in [5.74, 6) is -0.240. The van der Waals surface area contributed by atoms with Gasteiger partial charge in [0.2, 0.25) is 0 Å². The number of rotatable bonds is 8. The van der Waals surface area contributed by atoms with E-state index in [2.05, 4.69) is 15.4 Å². The second-order valence-electron chi connectivity index (χ2n) is 8.02. The van der Waals surface area contributed by atoms with E-state index in [1.807, 2.05) is 26.0 Å². The fourth-order valence-electron chi connectivity index (χ4n) is 3.64. The molecule has 0 saturated heterocycles. The normalized spacial score (nSPS) is 14.8. The van der Waals surface area contributed by atoms with E-state index < -0.39 is 9.84 Å². The Morgan fingerprint density at radius 3 is 2.50 bits per heavy atom. The summed E-state index contributed by atoms with van der Waals surface area (Å²) in [7, 11) is -3.34. The maximum Gasteiger partial charge on any atom is 0.255 e. The van der Waals surface area contributed by atoms with E-state index in [9.17, 15) is 13.2 Å². The van der Waals surface area contributed by atoms with E-state index in [-0.39, 0.29) is 22.2 Å². The minimum atomic E-state index is -3.34. The molecule has 1 fully saturated rings. The van der Waals surface area contributed by atoms with E-state index in [4.69, 9.17) is 11.6 Å². The van der Waals surface area contributed by atoms with Crippen molar-refractivity contribution in [1.29, 1.82) is 0 Å². The zero-order chi connectivity index (χ0) is 22.9. The molecule has 1 aromatic carbocycles. The molecule has 1 saturated carbocycles. The highest BCUT2D eigenvalue weighted by Crippen LogP contribution is 2.33. The molecule has 1 aliphatic rings. The number of pyridine rings is 1. The van der Waals surface area contributed by atoms with E-state index in [0.717, 1.165) is 17.7 Å². The third-order valence-electron chi connectivity index (χ3n) is 5.62. The highest BCUT2D eigenvalue weighted by Gasteiger charge is 2.37. The molecule has 0 radical (unpaired) electrons. The molecule has 1 unspecified atom stereocenters. The number of nitrogens with zero attached hydrogens (tertiary/aromatic N) is 3. The summed E-state index contributed by atoms with van der Waals surface area (Å²) in [5, 5.41) is 7.84. The van der Waals surface area contributed by atoms with Crippen LogP contribution in [0.4, 0.5) is 0 Å². The van der Waals surface area contributed by atoms with E-state index >= 15 is 0 Å². The summed E-state index contributed by atoms with van der Waals surface area (Å²) in [6.07, 6.45) is 6.04. The van der Waals surface area contributed by atoms with Crippen LogP contribution < -0.4 is 5.32 Å². The van der Waals surface area contributed by atoms with Crippen LogP contribution in [-0.2, 0) is 9.84 Å². The van der Waals surface area contributed by atoms with Crippen molar-refractivity contribution >= 4 is 27.3 Å². The molecular weight excluding hydrogens is 448 g/mol. The number of halogens is 1. The lowest BCUT2D eigenvalue weighted by Crippen LogP contribution is -2.29. The molecule has 1 aliphatic carbocycles. The predicted molar refractivity (Wildman–Crippen MR) is 123 cm³/mol. The Morgan fingerprint density at radius 1 is 1.19 bits per heavy atom. The molecule has 0 spiro atoms. The Bertz CT molecular complexity index is 1220. The lowest BCUT2D eigenvalue weighted by Gasteiger charge is -2.18. The van der Waals surface area contributed by atoms with Crippen molar-refractivity contribution in [2.45, 2.75) is 55.8 Å². The largest absolute Gasteiger partial charge is 0.345 e. The predicted octanol–water partition coefficient (Wildman–Crippen LogP) is 4.44. The van der Waals surface area contributed by atoms with E-state index in [1.54, 1.807) is 41.3 Å². The van der Waals surface area contributed by atoms with Crippen LogP contribution in [0.5, 0.6) is 0 Å². The van der Waals surface area contributed by atoms with E-state index in [0.29, 0.717) is 35.5 Å². The summed E-state index contributed by atoms with van der Waals surface area (Å²) in [6.45, 7) is 3.87. The van der Waals surface area contributed by atoms with Gasteiger partial charge in [-0.25, -0.2) is 18.1 Å². The van der Waals surface area contributed by atoms with Crippen molar-refractivity contribution in [2.75, 3.05) is 0 Å². The zero-order valence-electron chi connectivity index (χ0n) is 18.0. The zero-order valence-corrected chi connectivity index (χ0v) is 19.5. The van der Waals surface area contributed by atoms with E-state index in [1.165, 1.54) is 0 Å². The summed E-state index contributed by atoms with van der Waals surface area (Å²) in [4.78, 5) is 17.2. The summed E-state index contributed by atoms with van der Waals surface area (Å²) in [6, 6.07) is 10.2. The van der Waals surface area contributed by atoms with Gasteiger partial charge in [-0.15, -0.1) is 0 Å². The minimum absolute atomic E-state index is 0.102. The molecule has 4 rings (SSSR count). The summed E-state index contributed by atoms with van der Waals surface area (Å²) >= 11 is 5.96. The van der Waals surface area contributed by atoms with Gasteiger partial charge in [-0.3, -0.25) is 4.79 Å². The minimum Gasteiger partial charge on any atom is -0.345 e. The van der Waals surface area contributed by atoms with Crippen LogP contribution >= 0.6 is 11.6 Å². The van der Waals surface area contributed by atoms with Crippen LogP contribution in [0.25, 0.3) is 5.69 Å². The molecule has 2 aromatic heterocycles. The number of carbonyl (C=O) groups excluding carboxylic acids is 1. The first kappa shape index (κ1) is 22.5. The van der Waals surface area contributed by atoms with Gasteiger partial charge in [-0.05, 0) is 62.1 Å². The molecule has 32 heavy (non-hydrogen) atoms. The van der Waals surface area contributed by atoms with Crippen molar-refractivity contribution in [3.05, 3.63) is 70.6 Å². The smallest absolute Gasteiger partial charge is 0.255 e. The Kier molecular flexibility index (Phi) is 6.35. The molecule has 0 aliphatic heterocycles. The number of sulfone groups is 1. The van der Waals surface area contributed by atoms with Crippen LogP contribution in [-0.4, -0.2) is 34.3 Å². The van der Waals surface area contributed by atoms with Gasteiger partial charge in [0.05, 0.1) is 34.4 Å². The third-order valence-corrected chi connectivity index (χ3v) is 8.05. The number of benzene rings is 1. The molecule has 7 nitrogen and oxygen atoms in total. The molecule has 168 valence electrons. The average Bonchev–Trinajstić information content (AvgIpc) is 3.57. The van der Waals surface area contributed by atoms with Gasteiger partial charge in [-0.2, -0.15) is 5.10 Å². The summed E-state index contributed by atoms with van der Waals surface area (Å²) < 4.78 is 26.5. The third kappa shape index (κ3) is 4.56. The lowest BCUT2D eigenvalue weighted by molar-refractivity contribution is 0.0933. The first-order valence-corrected chi connectivity index (χ1v) is 12.5. The summed E-state index contributed by atoms with van der Waals surface area (Å²) in [5.41, 5.74) is 2.77. The Morgan fingerprint density at radius 2 is 1.91 bits per heavy atom. The molecule has 0 bridgehead atoms. The second-order valence-corrected chi connectivity index (χ2v) is 10.6. The number of hydrogen-bond acceptors (Lipinski definition) is 5. The second kappa shape index (κ2) is 9.03. The van der Waals surface area contributed by atoms with Gasteiger partial charge in [-0.1, -0.05) is 31.0 Å². The molecule has 3 aromatic rings. The van der Waals surface area contributed by atoms with Crippen LogP contribution in [0.1, 0.15) is 60.3 Å². The van der Waals surface area contributed by atoms with Crippen molar-refractivity contribution in [3.63, 3.8) is 0 Å². The fourth-order valence-corrected chi connectivity index (χ4v) is 5.32. The Labute approximate surface area is 192 Å². The fraction of sp³-hybridized carbons (Fsp3) is 0.348. The lowest BCUT2D eigenvalue weighted by atomic mass is 10.0. The maximum absolute atomic E-state index is 13.0. The van der Waals surface area contributed by atoms with Crippen LogP contribution in [0.3, 0.4) is 0 Å². The highest BCUT2D eigenvalue weighted by molar-refractivity contribution is 7.92. The maximum atomic E-state index is 13.0. The Hall–Kier alpha value is -2.71. The van der Waals surface area contributed by atoms with Crippen molar-refractivity contribution < 1.29 is 13.2 Å². The molecular formula is C23H25ClN4O3S. The highest BCUT2D eigenvalue weighted by atomic mass is 35.5. The molecule has 2 heterocycles. The molecule has 1 N–H and O–H groups in total. The van der Waals surface area contributed by atoms with Gasteiger partial charge in [0, 0.05) is 11.2 Å². The topological polar surface area (TPSA) is 94.0 Å². The van der Waals surface area contributed by atoms with Gasteiger partial charge >= 0.3 is 0 Å². The van der Waals surface area contributed by atoms with Crippen LogP contribution in [0.15, 0.2) is 53.8 Å². The van der Waals surface area contributed by atoms with Crippen molar-refractivity contribution in [2.24, 2.45) is 0 Å². The standard InChI is InChI=1S/C23H25ClN4O3S/c1-3-4-21(16-5-12-22(25-13-16)32(30,31)19-10-11-19)27-23(29)20-14-26-28(15(20)2)18-8-6-17(24)7-9-18/h5-9,12-14,19,21H,3-4,10-11H2,1-2H3,(H,27,29). The van der Waals surface area contributed by atoms with Gasteiger partial charge in [0.25, 0.3) is 5.91 Å². The van der Waals surface area contributed by atoms with Crippen LogP contribution in [0.2, 0.25) is 5.02 Å².